The van der Waals surface area contributed by atoms with Crippen LogP contribution >= 0.6 is 0 Å². The Morgan fingerprint density at radius 1 is 1.50 bits per heavy atom. The molecule has 0 aliphatic heterocycles. The van der Waals surface area contributed by atoms with Crippen molar-refractivity contribution in [2.75, 3.05) is 6.54 Å². The highest BCUT2D eigenvalue weighted by Gasteiger charge is 1.97. The molecule has 0 radical (unpaired) electrons. The summed E-state index contributed by atoms with van der Waals surface area (Å²) in [7, 11) is 0. The molecular weight excluding hydrogens is 177 g/mol. The van der Waals surface area contributed by atoms with Gasteiger partial charge in [-0.05, 0) is 37.5 Å². The van der Waals surface area contributed by atoms with Crippen LogP contribution in [0.1, 0.15) is 18.9 Å². The van der Waals surface area contributed by atoms with E-state index >= 15 is 0 Å². The number of halogens is 1. The third-order valence-corrected chi connectivity index (χ3v) is 2.29. The maximum Gasteiger partial charge on any atom is 0.123 e. The molecule has 0 saturated heterocycles. The molecule has 0 fully saturated rings. The van der Waals surface area contributed by atoms with Crippen molar-refractivity contribution in [1.82, 2.24) is 0 Å². The number of rotatable bonds is 4. The third kappa shape index (κ3) is 3.30. The lowest BCUT2D eigenvalue weighted by atomic mass is 10.0. The van der Waals surface area contributed by atoms with Crippen molar-refractivity contribution in [3.05, 3.63) is 47.3 Å². The molecule has 0 aromatic heterocycles. The monoisotopic (exact) mass is 193 g/mol. The first-order valence-corrected chi connectivity index (χ1v) is 4.85. The molecule has 0 heterocycles. The van der Waals surface area contributed by atoms with E-state index in [1.807, 2.05) is 19.1 Å². The molecule has 1 nitrogen and oxygen atoms in total. The number of allylic oxidation sites excluding steroid dienone is 1. The molecule has 1 rings (SSSR count). The van der Waals surface area contributed by atoms with Crippen LogP contribution in [0.3, 0.4) is 0 Å². The van der Waals surface area contributed by atoms with Crippen molar-refractivity contribution < 1.29 is 4.39 Å². The molecule has 0 bridgehead atoms. The second kappa shape index (κ2) is 5.55. The van der Waals surface area contributed by atoms with Gasteiger partial charge in [-0.25, -0.2) is 4.39 Å². The van der Waals surface area contributed by atoms with Crippen LogP contribution < -0.4 is 5.73 Å². The minimum Gasteiger partial charge on any atom is -0.327 e. The van der Waals surface area contributed by atoms with Crippen LogP contribution in [0, 0.1) is 5.82 Å². The van der Waals surface area contributed by atoms with Gasteiger partial charge >= 0.3 is 0 Å². The Morgan fingerprint density at radius 3 is 2.86 bits per heavy atom. The van der Waals surface area contributed by atoms with E-state index in [-0.39, 0.29) is 5.82 Å². The molecule has 2 N–H and O–H groups in total. The highest BCUT2D eigenvalue weighted by molar-refractivity contribution is 5.18. The van der Waals surface area contributed by atoms with Crippen molar-refractivity contribution in [2.45, 2.75) is 19.8 Å². The smallest absolute Gasteiger partial charge is 0.123 e. The number of benzene rings is 1. The third-order valence-electron chi connectivity index (χ3n) is 2.29. The van der Waals surface area contributed by atoms with Gasteiger partial charge in [0.05, 0.1) is 0 Å². The molecule has 0 spiro atoms. The average molecular weight is 193 g/mol. The van der Waals surface area contributed by atoms with Crippen LogP contribution in [-0.2, 0) is 6.42 Å². The topological polar surface area (TPSA) is 26.0 Å². The van der Waals surface area contributed by atoms with Crippen molar-refractivity contribution in [2.24, 2.45) is 5.73 Å². The second-order valence-electron chi connectivity index (χ2n) is 3.28. The Balaban J connectivity index is 2.53. The quantitative estimate of drug-likeness (QED) is 0.731. The van der Waals surface area contributed by atoms with Gasteiger partial charge in [0.25, 0.3) is 0 Å². The van der Waals surface area contributed by atoms with Gasteiger partial charge in [0.2, 0.25) is 0 Å². The summed E-state index contributed by atoms with van der Waals surface area (Å²) in [5.41, 5.74) is 7.78. The second-order valence-corrected chi connectivity index (χ2v) is 3.28. The highest BCUT2D eigenvalue weighted by Crippen LogP contribution is 2.09. The zero-order valence-electron chi connectivity index (χ0n) is 8.46. The summed E-state index contributed by atoms with van der Waals surface area (Å²) in [6.45, 7) is 2.57. The van der Waals surface area contributed by atoms with Gasteiger partial charge in [-0.2, -0.15) is 0 Å². The molecule has 76 valence electrons. The summed E-state index contributed by atoms with van der Waals surface area (Å²) < 4.78 is 12.8. The summed E-state index contributed by atoms with van der Waals surface area (Å²) in [5, 5.41) is 0. The van der Waals surface area contributed by atoms with Gasteiger partial charge in [0.1, 0.15) is 5.82 Å². The van der Waals surface area contributed by atoms with Crippen LogP contribution in [0.25, 0.3) is 0 Å². The first-order valence-electron chi connectivity index (χ1n) is 4.85. The molecule has 0 atom stereocenters. The molecule has 2 heteroatoms. The van der Waals surface area contributed by atoms with Crippen LogP contribution in [0.5, 0.6) is 0 Å². The average Bonchev–Trinajstić information content (AvgIpc) is 2.19. The Bertz CT molecular complexity index is 318. The molecule has 14 heavy (non-hydrogen) atoms. The van der Waals surface area contributed by atoms with Crippen molar-refractivity contribution >= 4 is 0 Å². The maximum absolute atomic E-state index is 12.8. The minimum absolute atomic E-state index is 0.169. The van der Waals surface area contributed by atoms with E-state index in [0.717, 1.165) is 18.4 Å². The lowest BCUT2D eigenvalue weighted by Gasteiger charge is -2.04. The van der Waals surface area contributed by atoms with Gasteiger partial charge in [-0.3, -0.25) is 0 Å². The summed E-state index contributed by atoms with van der Waals surface area (Å²) in [4.78, 5) is 0. The minimum atomic E-state index is -0.169. The van der Waals surface area contributed by atoms with Gasteiger partial charge in [0, 0.05) is 6.54 Å². The normalized spacial score (nSPS) is 11.8. The molecule has 0 saturated carbocycles. The van der Waals surface area contributed by atoms with E-state index in [1.54, 1.807) is 12.1 Å². The lowest BCUT2D eigenvalue weighted by Crippen LogP contribution is -2.03. The fraction of sp³-hybridized carbons (Fsp3) is 0.333. The number of nitrogens with two attached hydrogens (primary N) is 1. The van der Waals surface area contributed by atoms with Crippen molar-refractivity contribution in [3.63, 3.8) is 0 Å². The van der Waals surface area contributed by atoms with Gasteiger partial charge in [0.15, 0.2) is 0 Å². The number of hydrogen-bond acceptors (Lipinski definition) is 1. The Hall–Kier alpha value is -1.15. The fourth-order valence-electron chi connectivity index (χ4n) is 1.36. The molecule has 1 aromatic carbocycles. The zero-order valence-corrected chi connectivity index (χ0v) is 8.46. The maximum atomic E-state index is 12.8. The predicted molar refractivity (Wildman–Crippen MR) is 57.5 cm³/mol. The van der Waals surface area contributed by atoms with Crippen LogP contribution in [0.4, 0.5) is 4.39 Å². The van der Waals surface area contributed by atoms with E-state index in [2.05, 4.69) is 0 Å². The summed E-state index contributed by atoms with van der Waals surface area (Å²) >= 11 is 0. The van der Waals surface area contributed by atoms with Crippen molar-refractivity contribution in [1.29, 1.82) is 0 Å². The van der Waals surface area contributed by atoms with E-state index in [0.29, 0.717) is 6.54 Å². The van der Waals surface area contributed by atoms with Crippen molar-refractivity contribution in [3.8, 4) is 0 Å². The SMILES string of the molecule is C/C=C(\CN)CCc1cccc(F)c1. The van der Waals surface area contributed by atoms with E-state index < -0.39 is 0 Å². The molecule has 0 unspecified atom stereocenters. The van der Waals surface area contributed by atoms with Crippen LogP contribution in [0.15, 0.2) is 35.9 Å². The van der Waals surface area contributed by atoms with Gasteiger partial charge in [-0.15, -0.1) is 0 Å². The van der Waals surface area contributed by atoms with Gasteiger partial charge in [-0.1, -0.05) is 23.8 Å². The van der Waals surface area contributed by atoms with E-state index in [9.17, 15) is 4.39 Å². The first-order chi connectivity index (χ1) is 6.76. The first kappa shape index (κ1) is 10.9. The molecule has 0 aliphatic rings. The predicted octanol–water partition coefficient (Wildman–Crippen LogP) is 2.66. The summed E-state index contributed by atoms with van der Waals surface area (Å²) in [6.07, 6.45) is 3.80. The molecule has 1 aromatic rings. The number of hydrogen-bond donors (Lipinski definition) is 1. The van der Waals surface area contributed by atoms with Crippen LogP contribution in [-0.4, -0.2) is 6.54 Å². The lowest BCUT2D eigenvalue weighted by molar-refractivity contribution is 0.625. The molecule has 0 amide bonds. The Kier molecular flexibility index (Phi) is 4.33. The molecular formula is C12H16FN. The summed E-state index contributed by atoms with van der Waals surface area (Å²) in [5.74, 6) is -0.169. The highest BCUT2D eigenvalue weighted by atomic mass is 19.1. The largest absolute Gasteiger partial charge is 0.327 e. The Labute approximate surface area is 84.4 Å². The summed E-state index contributed by atoms with van der Waals surface area (Å²) in [6, 6.07) is 6.71. The number of aryl methyl sites for hydroxylation is 1. The van der Waals surface area contributed by atoms with Gasteiger partial charge < -0.3 is 5.73 Å². The Morgan fingerprint density at radius 2 is 2.29 bits per heavy atom. The fourth-order valence-corrected chi connectivity index (χ4v) is 1.36. The molecule has 0 aliphatic carbocycles. The van der Waals surface area contributed by atoms with E-state index in [4.69, 9.17) is 5.73 Å². The van der Waals surface area contributed by atoms with Crippen LogP contribution in [0.2, 0.25) is 0 Å². The zero-order chi connectivity index (χ0) is 10.4. The standard InChI is InChI=1S/C12H16FN/c1-2-10(9-14)6-7-11-4-3-5-12(13)8-11/h2-5,8H,6-7,9,14H2,1H3/b10-2-. The van der Waals surface area contributed by atoms with E-state index in [1.165, 1.54) is 11.6 Å².